The summed E-state index contributed by atoms with van der Waals surface area (Å²) < 4.78 is 20.1. The maximum absolute atomic E-state index is 11.1. The molecule has 0 aliphatic heterocycles. The molecule has 0 saturated carbocycles. The van der Waals surface area contributed by atoms with Gasteiger partial charge in [-0.3, -0.25) is 19.2 Å². The van der Waals surface area contributed by atoms with Gasteiger partial charge >= 0.3 is 23.9 Å². The topological polar surface area (TPSA) is 105 Å². The van der Waals surface area contributed by atoms with E-state index in [0.717, 1.165) is 17.8 Å². The first kappa shape index (κ1) is 23.3. The third-order valence-corrected chi connectivity index (χ3v) is 9.27. The van der Waals surface area contributed by atoms with Crippen molar-refractivity contribution in [3.63, 3.8) is 0 Å². The fourth-order valence-electron chi connectivity index (χ4n) is 2.16. The van der Waals surface area contributed by atoms with E-state index >= 15 is 0 Å². The Morgan fingerprint density at radius 2 is 1.04 bits per heavy atom. The van der Waals surface area contributed by atoms with Gasteiger partial charge in [-0.15, -0.1) is 0 Å². The lowest BCUT2D eigenvalue weighted by atomic mass is 10.4. The fourth-order valence-corrected chi connectivity index (χ4v) is 7.37. The van der Waals surface area contributed by atoms with Crippen molar-refractivity contribution in [3.05, 3.63) is 0 Å². The van der Waals surface area contributed by atoms with Gasteiger partial charge in [-0.25, -0.2) is 0 Å². The smallest absolute Gasteiger partial charge is 0.303 e. The molecule has 0 aromatic rings. The summed E-state index contributed by atoms with van der Waals surface area (Å²) >= 11 is 0. The van der Waals surface area contributed by atoms with Gasteiger partial charge < -0.3 is 18.9 Å². The highest BCUT2D eigenvalue weighted by atomic mass is 28.3. The van der Waals surface area contributed by atoms with E-state index in [1.54, 1.807) is 0 Å². The van der Waals surface area contributed by atoms with Crippen molar-refractivity contribution in [3.8, 4) is 0 Å². The van der Waals surface area contributed by atoms with Crippen LogP contribution in [0.15, 0.2) is 0 Å². The molecule has 2 atom stereocenters. The van der Waals surface area contributed by atoms with Gasteiger partial charge in [-0.1, -0.05) is 5.67 Å². The molecule has 0 N–H and O–H groups in total. The molecular formula is C15H28O8Si2. The minimum absolute atomic E-state index is 0.0893. The molecule has 10 heteroatoms. The molecule has 0 radical (unpaired) electrons. The highest BCUT2D eigenvalue weighted by molar-refractivity contribution is 6.56. The number of carbonyl (C=O) groups excluding carboxylic acids is 4. The zero-order chi connectivity index (χ0) is 19.2. The van der Waals surface area contributed by atoms with Crippen molar-refractivity contribution >= 4 is 42.9 Å². The van der Waals surface area contributed by atoms with Gasteiger partial charge in [0.2, 0.25) is 0 Å². The zero-order valence-electron chi connectivity index (χ0n) is 15.4. The molecule has 0 fully saturated rings. The van der Waals surface area contributed by atoms with Crippen molar-refractivity contribution in [1.82, 2.24) is 0 Å². The molecule has 0 saturated heterocycles. The predicted octanol–water partition coefficient (Wildman–Crippen LogP) is -0.474. The zero-order valence-corrected chi connectivity index (χ0v) is 18.2. The van der Waals surface area contributed by atoms with E-state index in [0.29, 0.717) is 0 Å². The predicted molar refractivity (Wildman–Crippen MR) is 95.9 cm³/mol. The lowest BCUT2D eigenvalue weighted by Gasteiger charge is -2.17. The molecule has 0 bridgehead atoms. The second-order valence-corrected chi connectivity index (χ2v) is 11.1. The second kappa shape index (κ2) is 13.6. The number of rotatable bonds is 12. The summed E-state index contributed by atoms with van der Waals surface area (Å²) in [5, 5.41) is 0. The molecule has 0 heterocycles. The maximum Gasteiger partial charge on any atom is 0.303 e. The van der Waals surface area contributed by atoms with Crippen LogP contribution in [0.25, 0.3) is 0 Å². The molecule has 144 valence electrons. The average molecular weight is 393 g/mol. The van der Waals surface area contributed by atoms with Gasteiger partial charge in [-0.05, 0) is 12.1 Å². The molecule has 0 spiro atoms. The Morgan fingerprint density at radius 3 is 1.32 bits per heavy atom. The number of carbonyl (C=O) groups is 4. The first-order chi connectivity index (χ1) is 11.7. The highest BCUT2D eigenvalue weighted by Crippen LogP contribution is 2.06. The molecule has 0 aromatic carbocycles. The third kappa shape index (κ3) is 15.6. The van der Waals surface area contributed by atoms with Gasteiger partial charge in [0.25, 0.3) is 0 Å². The summed E-state index contributed by atoms with van der Waals surface area (Å²) in [4.78, 5) is 43.9. The monoisotopic (exact) mass is 392 g/mol. The Bertz CT molecular complexity index is 415. The van der Waals surface area contributed by atoms with E-state index in [9.17, 15) is 19.2 Å². The van der Waals surface area contributed by atoms with Gasteiger partial charge in [0, 0.05) is 46.7 Å². The van der Waals surface area contributed by atoms with E-state index in [-0.39, 0.29) is 37.4 Å². The summed E-state index contributed by atoms with van der Waals surface area (Å²) in [6, 6.07) is 1.48. The quantitative estimate of drug-likeness (QED) is 0.190. The first-order valence-corrected chi connectivity index (χ1v) is 12.3. The van der Waals surface area contributed by atoms with Crippen LogP contribution in [0.5, 0.6) is 0 Å². The van der Waals surface area contributed by atoms with E-state index in [2.05, 4.69) is 0 Å². The van der Waals surface area contributed by atoms with Gasteiger partial charge in [-0.2, -0.15) is 0 Å². The van der Waals surface area contributed by atoms with Crippen molar-refractivity contribution in [2.45, 2.75) is 57.7 Å². The van der Waals surface area contributed by atoms with Crippen LogP contribution in [0.2, 0.25) is 17.8 Å². The molecule has 0 amide bonds. The van der Waals surface area contributed by atoms with Crippen LogP contribution < -0.4 is 0 Å². The first-order valence-electron chi connectivity index (χ1n) is 8.31. The lowest BCUT2D eigenvalue weighted by Crippen LogP contribution is -2.27. The van der Waals surface area contributed by atoms with Crippen LogP contribution in [0.4, 0.5) is 0 Å². The minimum atomic E-state index is -0.479. The van der Waals surface area contributed by atoms with Crippen molar-refractivity contribution in [2.24, 2.45) is 0 Å². The standard InChI is InChI=1S/C15H28O8Si2/c1-10(16)20-5-14(22-12(3)18)7-24-9-25-8-15(23-13(4)19)6-21-11(2)17/h14-15H,5-9,24-25H2,1-4H3. The fraction of sp³-hybridized carbons (Fsp3) is 0.733. The van der Waals surface area contributed by atoms with Gasteiger partial charge in [0.15, 0.2) is 0 Å². The summed E-state index contributed by atoms with van der Waals surface area (Å²) in [6.07, 6.45) is -0.764. The van der Waals surface area contributed by atoms with Crippen molar-refractivity contribution in [1.29, 1.82) is 0 Å². The molecule has 8 nitrogen and oxygen atoms in total. The Kier molecular flexibility index (Phi) is 12.7. The summed E-state index contributed by atoms with van der Waals surface area (Å²) in [5.74, 6) is -1.58. The molecule has 25 heavy (non-hydrogen) atoms. The van der Waals surface area contributed by atoms with Crippen LogP contribution in [0, 0.1) is 0 Å². The van der Waals surface area contributed by atoms with E-state index in [4.69, 9.17) is 18.9 Å². The Morgan fingerprint density at radius 1 is 0.680 bits per heavy atom. The average Bonchev–Trinajstić information content (AvgIpc) is 2.48. The molecule has 0 aliphatic carbocycles. The van der Waals surface area contributed by atoms with Crippen molar-refractivity contribution < 1.29 is 38.1 Å². The Balaban J connectivity index is 4.12. The van der Waals surface area contributed by atoms with Gasteiger partial charge in [0.05, 0.1) is 0 Å². The second-order valence-electron chi connectivity index (χ2n) is 5.71. The Labute approximate surface area is 152 Å². The van der Waals surface area contributed by atoms with Gasteiger partial charge in [0.1, 0.15) is 25.4 Å². The lowest BCUT2D eigenvalue weighted by molar-refractivity contribution is -0.155. The number of ether oxygens (including phenoxy) is 4. The minimum Gasteiger partial charge on any atom is -0.462 e. The third-order valence-electron chi connectivity index (χ3n) is 3.16. The normalized spacial score (nSPS) is 13.6. The molecule has 2 unspecified atom stereocenters. The SMILES string of the molecule is CC(=O)OCC(C[SiH2]C[SiH2]CC(COC(C)=O)OC(C)=O)OC(C)=O. The maximum atomic E-state index is 11.1. The van der Waals surface area contributed by atoms with Crippen LogP contribution in [0.1, 0.15) is 27.7 Å². The number of esters is 4. The van der Waals surface area contributed by atoms with Crippen molar-refractivity contribution in [2.75, 3.05) is 13.2 Å². The van der Waals surface area contributed by atoms with E-state index in [1.165, 1.54) is 27.7 Å². The Hall–Kier alpha value is -1.69. The molecule has 0 rings (SSSR count). The summed E-state index contributed by atoms with van der Waals surface area (Å²) in [6.45, 7) is 5.46. The van der Waals surface area contributed by atoms with Crippen LogP contribution in [-0.2, 0) is 38.1 Å². The van der Waals surface area contributed by atoms with E-state index in [1.807, 2.05) is 0 Å². The molecular weight excluding hydrogens is 364 g/mol. The van der Waals surface area contributed by atoms with Crippen LogP contribution >= 0.6 is 0 Å². The van der Waals surface area contributed by atoms with Crippen LogP contribution in [0.3, 0.4) is 0 Å². The largest absolute Gasteiger partial charge is 0.462 e. The number of hydrogen-bond acceptors (Lipinski definition) is 8. The molecule has 0 aliphatic rings. The molecule has 0 aromatic heterocycles. The van der Waals surface area contributed by atoms with Crippen LogP contribution in [-0.4, -0.2) is 68.3 Å². The summed E-state index contributed by atoms with van der Waals surface area (Å²) in [7, 11) is -0.957. The van der Waals surface area contributed by atoms with E-state index < -0.39 is 31.0 Å². The summed E-state index contributed by atoms with van der Waals surface area (Å²) in [5.41, 5.74) is 1.08. The number of hydrogen-bond donors (Lipinski definition) is 0. The highest BCUT2D eigenvalue weighted by Gasteiger charge is 2.16.